The van der Waals surface area contributed by atoms with Gasteiger partial charge in [0.15, 0.2) is 5.96 Å². The van der Waals surface area contributed by atoms with E-state index in [4.69, 9.17) is 17.2 Å². The Morgan fingerprint density at radius 1 is 0.703 bits per heavy atom. The van der Waals surface area contributed by atoms with E-state index in [0.717, 1.165) is 22.9 Å². The summed E-state index contributed by atoms with van der Waals surface area (Å²) in [7, 11) is 0. The number of hydrogen-bond acceptors (Lipinski definition) is 10. The summed E-state index contributed by atoms with van der Waals surface area (Å²) in [5, 5.41) is 30.4. The lowest BCUT2D eigenvalue weighted by atomic mass is 9.90. The largest absolute Gasteiger partial charge is 0.508 e. The topological polar surface area (TPSA) is 347 Å². The van der Waals surface area contributed by atoms with Gasteiger partial charge in [0.2, 0.25) is 47.3 Å². The van der Waals surface area contributed by atoms with Gasteiger partial charge >= 0.3 is 0 Å². The summed E-state index contributed by atoms with van der Waals surface area (Å²) in [6.07, 6.45) is 4.33. The minimum Gasteiger partial charge on any atom is -0.508 e. The molecule has 1 aliphatic rings. The highest BCUT2D eigenvalue weighted by molar-refractivity contribution is 5.96. The summed E-state index contributed by atoms with van der Waals surface area (Å²) in [5.74, 6) is -5.41. The zero-order chi connectivity index (χ0) is 53.4. The number of carbonyl (C=O) groups is 8. The molecule has 21 heteroatoms. The fourth-order valence-electron chi connectivity index (χ4n) is 8.72. The van der Waals surface area contributed by atoms with Crippen molar-refractivity contribution in [3.8, 4) is 5.75 Å². The molecule has 1 saturated heterocycles. The first kappa shape index (κ1) is 56.9. The summed E-state index contributed by atoms with van der Waals surface area (Å²) < 4.78 is 0. The number of nitrogens with one attached hydrogen (secondary N) is 8. The number of nitrogens with two attached hydrogens (primary N) is 3. The van der Waals surface area contributed by atoms with Crippen LogP contribution in [0, 0.1) is 0 Å². The number of rotatable bonds is 14. The van der Waals surface area contributed by atoms with E-state index in [2.05, 4.69) is 47.2 Å². The molecule has 15 N–H and O–H groups in total. The molecule has 0 saturated carbocycles. The van der Waals surface area contributed by atoms with Gasteiger partial charge in [-0.3, -0.25) is 43.3 Å². The number of aromatic hydroxyl groups is 1. The lowest BCUT2D eigenvalue weighted by molar-refractivity contribution is -0.134. The van der Waals surface area contributed by atoms with Crippen molar-refractivity contribution >= 4 is 64.1 Å². The first-order valence-corrected chi connectivity index (χ1v) is 25.4. The van der Waals surface area contributed by atoms with Crippen molar-refractivity contribution in [3.05, 3.63) is 102 Å². The van der Waals surface area contributed by atoms with Crippen LogP contribution in [0.15, 0.2) is 90.1 Å². The first-order valence-electron chi connectivity index (χ1n) is 25.4. The maximum Gasteiger partial charge on any atom is 0.243 e. The zero-order valence-electron chi connectivity index (χ0n) is 42.0. The number of phenols is 1. The molecule has 1 aromatic heterocycles. The van der Waals surface area contributed by atoms with E-state index in [0.29, 0.717) is 36.8 Å². The standard InChI is InChI=1S/C53H72N12O9/c1-2-3-18-45(67)62-44-31-47(69)57-26-10-9-16-40(48(54)70)63-52(74)43(30-36-32-60-39-15-8-7-14-38(36)39)65-50(72)41(17-11-27-59-53(55)56)64-51(73)42(29-33-12-5-4-6-13-33)61-46(68)24-21-35(25-28-58-49(44)71)34-19-22-37(66)23-20-34/h4-8,12-15,19-20,22-23,32,35,40-44,60,66H,2-3,9-11,16-18,21,24-31H2,1H3,(H2,54,70)(H,57,69)(H,58,71)(H,61,68)(H,62,67)(H,63,74)(H,64,73)(H,65,72)(H4,55,56,59)/t35-,40-,41-,42+,43-,44?/m0/s1. The van der Waals surface area contributed by atoms with Crippen molar-refractivity contribution in [3.63, 3.8) is 0 Å². The van der Waals surface area contributed by atoms with Crippen molar-refractivity contribution in [1.82, 2.24) is 42.2 Å². The molecule has 0 radical (unpaired) electrons. The molecule has 21 nitrogen and oxygen atoms in total. The van der Waals surface area contributed by atoms with Crippen molar-refractivity contribution in [2.75, 3.05) is 19.6 Å². The number of aliphatic imine (C=N–C) groups is 1. The summed E-state index contributed by atoms with van der Waals surface area (Å²) in [5.41, 5.74) is 19.9. The van der Waals surface area contributed by atoms with Crippen LogP contribution in [0.25, 0.3) is 10.9 Å². The third-order valence-electron chi connectivity index (χ3n) is 12.8. The molecule has 0 spiro atoms. The van der Waals surface area contributed by atoms with Crippen LogP contribution >= 0.6 is 0 Å². The number of phenolic OH excluding ortho intramolecular Hbond substituents is 1. The number of aromatic amines is 1. The van der Waals surface area contributed by atoms with E-state index in [9.17, 15) is 43.5 Å². The summed E-state index contributed by atoms with van der Waals surface area (Å²) >= 11 is 0. The fourth-order valence-corrected chi connectivity index (χ4v) is 8.72. The molecule has 1 aliphatic heterocycles. The number of nitrogens with zero attached hydrogens (tertiary/aromatic N) is 1. The van der Waals surface area contributed by atoms with Gasteiger partial charge in [-0.15, -0.1) is 0 Å². The van der Waals surface area contributed by atoms with Crippen molar-refractivity contribution < 1.29 is 43.5 Å². The highest BCUT2D eigenvalue weighted by Gasteiger charge is 2.32. The van der Waals surface area contributed by atoms with E-state index in [1.807, 2.05) is 37.3 Å². The van der Waals surface area contributed by atoms with Crippen LogP contribution in [0.1, 0.15) is 107 Å². The van der Waals surface area contributed by atoms with Gasteiger partial charge in [-0.1, -0.05) is 74.0 Å². The molecule has 5 rings (SSSR count). The van der Waals surface area contributed by atoms with Gasteiger partial charge in [0.05, 0.1) is 6.42 Å². The molecule has 0 aliphatic carbocycles. The molecule has 1 fully saturated rings. The number of carbonyl (C=O) groups excluding carboxylic acids is 8. The summed E-state index contributed by atoms with van der Waals surface area (Å²) in [6.45, 7) is 2.27. The number of fused-ring (bicyclic) bond motifs is 1. The third kappa shape index (κ3) is 18.9. The molecular weight excluding hydrogens is 949 g/mol. The third-order valence-corrected chi connectivity index (χ3v) is 12.8. The van der Waals surface area contributed by atoms with Crippen molar-refractivity contribution in [1.29, 1.82) is 0 Å². The maximum atomic E-state index is 14.5. The number of benzene rings is 3. The Labute approximate surface area is 430 Å². The molecule has 74 heavy (non-hydrogen) atoms. The Kier molecular flexibility index (Phi) is 22.7. The highest BCUT2D eigenvalue weighted by Crippen LogP contribution is 2.27. The van der Waals surface area contributed by atoms with Crippen LogP contribution in [0.4, 0.5) is 0 Å². The number of aromatic nitrogens is 1. The van der Waals surface area contributed by atoms with Crippen LogP contribution in [0.3, 0.4) is 0 Å². The van der Waals surface area contributed by atoms with E-state index in [1.165, 1.54) is 12.1 Å². The van der Waals surface area contributed by atoms with Crippen molar-refractivity contribution in [2.45, 2.75) is 133 Å². The normalized spacial score (nSPS) is 21.6. The second kappa shape index (κ2) is 29.5. The molecule has 1 unspecified atom stereocenters. The van der Waals surface area contributed by atoms with Crippen LogP contribution in [0.5, 0.6) is 5.75 Å². The molecule has 398 valence electrons. The van der Waals surface area contributed by atoms with E-state index >= 15 is 0 Å². The van der Waals surface area contributed by atoms with Gasteiger partial charge in [0.1, 0.15) is 36.0 Å². The Balaban J connectivity index is 1.48. The number of hydrogen-bond donors (Lipinski definition) is 12. The Hall–Kier alpha value is -7.97. The minimum atomic E-state index is -1.29. The number of para-hydroxylation sites is 1. The number of H-pyrrole nitrogens is 1. The van der Waals surface area contributed by atoms with Gasteiger partial charge in [0.25, 0.3) is 0 Å². The van der Waals surface area contributed by atoms with Crippen molar-refractivity contribution in [2.24, 2.45) is 22.2 Å². The maximum absolute atomic E-state index is 14.5. The average Bonchev–Trinajstić information content (AvgIpc) is 3.78. The lowest BCUT2D eigenvalue weighted by Crippen LogP contribution is -2.58. The monoisotopic (exact) mass is 1020 g/mol. The van der Waals surface area contributed by atoms with E-state index < -0.39 is 71.6 Å². The van der Waals surface area contributed by atoms with Gasteiger partial charge in [0, 0.05) is 62.4 Å². The van der Waals surface area contributed by atoms with Gasteiger partial charge in [-0.05, 0) is 92.2 Å². The Bertz CT molecular complexity index is 2550. The second-order valence-corrected chi connectivity index (χ2v) is 18.6. The minimum absolute atomic E-state index is 0.0129. The van der Waals surface area contributed by atoms with E-state index in [-0.39, 0.29) is 101 Å². The first-order chi connectivity index (χ1) is 35.6. The quantitative estimate of drug-likeness (QED) is 0.0489. The highest BCUT2D eigenvalue weighted by atomic mass is 16.3. The molecule has 6 atom stereocenters. The average molecular weight is 1020 g/mol. The Morgan fingerprint density at radius 2 is 1.39 bits per heavy atom. The second-order valence-electron chi connectivity index (χ2n) is 18.6. The number of guanidine groups is 1. The van der Waals surface area contributed by atoms with Gasteiger partial charge in [-0.25, -0.2) is 0 Å². The molecular formula is C53H72N12O9. The molecule has 2 heterocycles. The van der Waals surface area contributed by atoms with Crippen LogP contribution < -0.4 is 54.4 Å². The van der Waals surface area contributed by atoms with Crippen LogP contribution in [-0.4, -0.2) is 113 Å². The predicted molar refractivity (Wildman–Crippen MR) is 280 cm³/mol. The summed E-state index contributed by atoms with van der Waals surface area (Å²) in [6, 6.07) is 16.7. The number of amides is 8. The lowest BCUT2D eigenvalue weighted by Gasteiger charge is -2.26. The summed E-state index contributed by atoms with van der Waals surface area (Å²) in [4.78, 5) is 117. The molecule has 0 bridgehead atoms. The Morgan fingerprint density at radius 3 is 2.12 bits per heavy atom. The molecule has 8 amide bonds. The van der Waals surface area contributed by atoms with Gasteiger partial charge in [-0.2, -0.15) is 0 Å². The number of primary amides is 1. The number of unbranched alkanes of at least 4 members (excludes halogenated alkanes) is 1. The SMILES string of the molecule is CCCCC(=O)NC1CC(=O)NCCCC[C@@H](C(N)=O)NC(=O)[C@H](Cc2c[nH]c3ccccc23)NC(=O)[C@H](CCCN=C(N)N)NC(=O)[C@@H](Cc2ccccc2)NC(=O)CC[C@H](c2ccc(O)cc2)CCNC1=O. The van der Waals surface area contributed by atoms with Crippen LogP contribution in [-0.2, 0) is 51.2 Å². The smallest absolute Gasteiger partial charge is 0.243 e. The fraction of sp³-hybridized carbons (Fsp3) is 0.453. The van der Waals surface area contributed by atoms with E-state index in [1.54, 1.807) is 42.6 Å². The van der Waals surface area contributed by atoms with Crippen LogP contribution in [0.2, 0.25) is 0 Å². The van der Waals surface area contributed by atoms with Gasteiger partial charge < -0.3 is 64.5 Å². The molecule has 3 aromatic carbocycles. The molecule has 4 aromatic rings. The zero-order valence-corrected chi connectivity index (χ0v) is 42.0. The predicted octanol–water partition coefficient (Wildman–Crippen LogP) is 1.57.